The van der Waals surface area contributed by atoms with Crippen LogP contribution in [0, 0.1) is 0 Å². The van der Waals surface area contributed by atoms with Crippen LogP contribution in [0.2, 0.25) is 0 Å². The van der Waals surface area contributed by atoms with Crippen LogP contribution in [0.15, 0.2) is 59.7 Å². The largest absolute Gasteiger partial charge is 0.480 e. The summed E-state index contributed by atoms with van der Waals surface area (Å²) in [6, 6.07) is 12.2. The van der Waals surface area contributed by atoms with Crippen molar-refractivity contribution in [1.82, 2.24) is 19.7 Å². The van der Waals surface area contributed by atoms with E-state index in [4.69, 9.17) is 9.84 Å². The number of nitrogens with zero attached hydrogens (tertiary/aromatic N) is 5. The number of rotatable bonds is 5. The number of hydrogen-bond acceptors (Lipinski definition) is 5. The topological polar surface area (TPSA) is 65.2 Å². The van der Waals surface area contributed by atoms with Crippen molar-refractivity contribution in [2.75, 3.05) is 13.7 Å². The molecule has 1 aliphatic rings. The Morgan fingerprint density at radius 2 is 2.08 bits per heavy atom. The van der Waals surface area contributed by atoms with Gasteiger partial charge in [0.25, 0.3) is 0 Å². The SMILES string of the molecule is COc1nc(-c2cc(C3=NCC=C3)n(Cc3ccccc3)n2)ncc1P. The van der Waals surface area contributed by atoms with Crippen LogP contribution in [-0.4, -0.2) is 39.1 Å². The predicted molar refractivity (Wildman–Crippen MR) is 105 cm³/mol. The first kappa shape index (κ1) is 16.6. The summed E-state index contributed by atoms with van der Waals surface area (Å²) < 4.78 is 7.25. The molecule has 130 valence electrons. The van der Waals surface area contributed by atoms with Gasteiger partial charge in [0, 0.05) is 11.5 Å². The molecular weight excluding hydrogens is 345 g/mol. The minimum atomic E-state index is 0.525. The van der Waals surface area contributed by atoms with Crippen molar-refractivity contribution >= 4 is 20.3 Å². The molecule has 7 heteroatoms. The van der Waals surface area contributed by atoms with Crippen molar-refractivity contribution in [2.45, 2.75) is 6.54 Å². The lowest BCUT2D eigenvalue weighted by Crippen LogP contribution is -2.10. The van der Waals surface area contributed by atoms with Gasteiger partial charge in [0.15, 0.2) is 5.82 Å². The molecule has 0 spiro atoms. The van der Waals surface area contributed by atoms with Gasteiger partial charge in [0.05, 0.1) is 31.6 Å². The first-order valence-electron chi connectivity index (χ1n) is 8.24. The molecular formula is C19H18N5OP. The fourth-order valence-corrected chi connectivity index (χ4v) is 3.06. The van der Waals surface area contributed by atoms with Crippen LogP contribution < -0.4 is 10.0 Å². The molecule has 0 saturated carbocycles. The summed E-state index contributed by atoms with van der Waals surface area (Å²) in [6.07, 6.45) is 5.78. The summed E-state index contributed by atoms with van der Waals surface area (Å²) in [5, 5.41) is 5.55. The minimum Gasteiger partial charge on any atom is -0.480 e. The van der Waals surface area contributed by atoms with Crippen molar-refractivity contribution in [3.63, 3.8) is 0 Å². The van der Waals surface area contributed by atoms with E-state index in [-0.39, 0.29) is 0 Å². The molecule has 1 aromatic carbocycles. The third-order valence-corrected chi connectivity index (χ3v) is 4.46. The van der Waals surface area contributed by atoms with E-state index in [0.717, 1.165) is 16.7 Å². The summed E-state index contributed by atoms with van der Waals surface area (Å²) in [7, 11) is 4.16. The van der Waals surface area contributed by atoms with Gasteiger partial charge in [0.1, 0.15) is 5.69 Å². The Balaban J connectivity index is 1.77. The van der Waals surface area contributed by atoms with Crippen LogP contribution in [0.3, 0.4) is 0 Å². The standard InChI is InChI=1S/C19H18N5OP/c1-25-19-17(26)11-21-18(22-19)15-10-16(14-8-5-9-20-14)24(23-15)12-13-6-3-2-4-7-13/h2-8,10-11H,9,12,26H2,1H3. The molecule has 1 aliphatic heterocycles. The van der Waals surface area contributed by atoms with Crippen molar-refractivity contribution in [3.8, 4) is 17.4 Å². The highest BCUT2D eigenvalue weighted by Gasteiger charge is 2.17. The second-order valence-electron chi connectivity index (χ2n) is 5.84. The molecule has 0 bridgehead atoms. The van der Waals surface area contributed by atoms with E-state index in [1.165, 1.54) is 5.56 Å². The van der Waals surface area contributed by atoms with Gasteiger partial charge in [-0.3, -0.25) is 9.67 Å². The maximum absolute atomic E-state index is 5.30. The van der Waals surface area contributed by atoms with Crippen LogP contribution in [0.4, 0.5) is 0 Å². The Morgan fingerprint density at radius 3 is 2.81 bits per heavy atom. The molecule has 6 nitrogen and oxygen atoms in total. The summed E-state index contributed by atoms with van der Waals surface area (Å²) in [5.41, 5.74) is 3.75. The lowest BCUT2D eigenvalue weighted by Gasteiger charge is -2.06. The number of methoxy groups -OCH3 is 1. The van der Waals surface area contributed by atoms with E-state index in [2.05, 4.69) is 36.3 Å². The number of aliphatic imine (C=N–C) groups is 1. The highest BCUT2D eigenvalue weighted by molar-refractivity contribution is 7.27. The quantitative estimate of drug-likeness (QED) is 0.652. The molecule has 1 atom stereocenters. The van der Waals surface area contributed by atoms with Gasteiger partial charge < -0.3 is 4.74 Å². The third kappa shape index (κ3) is 3.28. The van der Waals surface area contributed by atoms with Gasteiger partial charge in [-0.1, -0.05) is 45.6 Å². The average Bonchev–Trinajstić information content (AvgIpc) is 3.33. The highest BCUT2D eigenvalue weighted by Crippen LogP contribution is 2.20. The van der Waals surface area contributed by atoms with Crippen molar-refractivity contribution in [3.05, 3.63) is 66.0 Å². The second-order valence-corrected chi connectivity index (χ2v) is 6.47. The number of ether oxygens (including phenoxy) is 1. The minimum absolute atomic E-state index is 0.525. The molecule has 0 amide bonds. The van der Waals surface area contributed by atoms with Crippen molar-refractivity contribution < 1.29 is 4.74 Å². The highest BCUT2D eigenvalue weighted by atomic mass is 31.0. The Kier molecular flexibility index (Phi) is 4.59. The summed E-state index contributed by atoms with van der Waals surface area (Å²) in [5.74, 6) is 1.06. The van der Waals surface area contributed by atoms with Crippen LogP contribution in [0.25, 0.3) is 11.5 Å². The summed E-state index contributed by atoms with van der Waals surface area (Å²) in [6.45, 7) is 1.36. The Bertz CT molecular complexity index is 994. The molecule has 1 unspecified atom stereocenters. The molecule has 0 saturated heterocycles. The van der Waals surface area contributed by atoms with E-state index in [1.54, 1.807) is 13.3 Å². The number of aromatic nitrogens is 4. The molecule has 0 aliphatic carbocycles. The fourth-order valence-electron chi connectivity index (χ4n) is 2.81. The zero-order valence-corrected chi connectivity index (χ0v) is 15.5. The number of allylic oxidation sites excluding steroid dienone is 1. The number of hydrogen-bond donors (Lipinski definition) is 0. The Labute approximate surface area is 153 Å². The first-order chi connectivity index (χ1) is 12.7. The maximum atomic E-state index is 5.30. The monoisotopic (exact) mass is 363 g/mol. The molecule has 3 aromatic rings. The zero-order chi connectivity index (χ0) is 17.9. The predicted octanol–water partition coefficient (Wildman–Crippen LogP) is 2.26. The van der Waals surface area contributed by atoms with Gasteiger partial charge in [-0.2, -0.15) is 10.1 Å². The molecule has 0 fully saturated rings. The maximum Gasteiger partial charge on any atom is 0.224 e. The lowest BCUT2D eigenvalue weighted by molar-refractivity contribution is 0.401. The third-order valence-electron chi connectivity index (χ3n) is 4.06. The van der Waals surface area contributed by atoms with E-state index in [9.17, 15) is 0 Å². The van der Waals surface area contributed by atoms with Gasteiger partial charge in [-0.15, -0.1) is 0 Å². The Morgan fingerprint density at radius 1 is 1.23 bits per heavy atom. The second kappa shape index (κ2) is 7.18. The van der Waals surface area contributed by atoms with E-state index in [0.29, 0.717) is 30.5 Å². The van der Waals surface area contributed by atoms with Gasteiger partial charge in [0.2, 0.25) is 5.88 Å². The van der Waals surface area contributed by atoms with E-state index in [1.807, 2.05) is 41.1 Å². The van der Waals surface area contributed by atoms with Crippen LogP contribution in [0.1, 0.15) is 11.3 Å². The molecule has 0 N–H and O–H groups in total. The fraction of sp³-hybridized carbons (Fsp3) is 0.158. The van der Waals surface area contributed by atoms with Crippen LogP contribution in [0.5, 0.6) is 5.88 Å². The Hall–Kier alpha value is -2.85. The van der Waals surface area contributed by atoms with Gasteiger partial charge in [-0.25, -0.2) is 4.98 Å². The van der Waals surface area contributed by atoms with Gasteiger partial charge in [-0.05, 0) is 17.7 Å². The molecule has 26 heavy (non-hydrogen) atoms. The summed E-state index contributed by atoms with van der Waals surface area (Å²) in [4.78, 5) is 13.4. The number of benzene rings is 1. The van der Waals surface area contributed by atoms with Crippen molar-refractivity contribution in [1.29, 1.82) is 0 Å². The van der Waals surface area contributed by atoms with Crippen LogP contribution >= 0.6 is 9.24 Å². The zero-order valence-electron chi connectivity index (χ0n) is 14.3. The normalized spacial score (nSPS) is 13.1. The van der Waals surface area contributed by atoms with Gasteiger partial charge >= 0.3 is 0 Å². The average molecular weight is 363 g/mol. The smallest absolute Gasteiger partial charge is 0.224 e. The first-order valence-corrected chi connectivity index (χ1v) is 8.82. The lowest BCUT2D eigenvalue weighted by atomic mass is 10.2. The van der Waals surface area contributed by atoms with Crippen molar-refractivity contribution in [2.24, 2.45) is 4.99 Å². The molecule has 0 radical (unpaired) electrons. The molecule has 4 rings (SSSR count). The van der Waals surface area contributed by atoms with E-state index >= 15 is 0 Å². The van der Waals surface area contributed by atoms with E-state index < -0.39 is 0 Å². The summed E-state index contributed by atoms with van der Waals surface area (Å²) >= 11 is 0. The molecule has 2 aromatic heterocycles. The van der Waals surface area contributed by atoms with Crippen LogP contribution in [-0.2, 0) is 6.54 Å². The molecule has 3 heterocycles.